The van der Waals surface area contributed by atoms with E-state index in [4.69, 9.17) is 4.42 Å². The minimum Gasteiger partial charge on any atom is -0.468 e. The van der Waals surface area contributed by atoms with Crippen LogP contribution in [0, 0.1) is 6.92 Å². The largest absolute Gasteiger partial charge is 0.468 e. The van der Waals surface area contributed by atoms with Gasteiger partial charge in [-0.2, -0.15) is 0 Å². The number of carbonyl (C=O) groups is 1. The van der Waals surface area contributed by atoms with Gasteiger partial charge in [-0.1, -0.05) is 6.07 Å². The fraction of sp³-hybridized carbons (Fsp3) is 0.389. The number of aryl methyl sites for hydroxylation is 1. The molecule has 140 valence electrons. The fourth-order valence-electron chi connectivity index (χ4n) is 2.95. The van der Waals surface area contributed by atoms with Crippen molar-refractivity contribution >= 4 is 15.9 Å². The van der Waals surface area contributed by atoms with Crippen molar-refractivity contribution in [2.45, 2.75) is 31.3 Å². The Morgan fingerprint density at radius 3 is 2.88 bits per heavy atom. The van der Waals surface area contributed by atoms with Crippen molar-refractivity contribution in [2.75, 3.05) is 19.6 Å². The number of benzene rings is 1. The van der Waals surface area contributed by atoms with E-state index in [9.17, 15) is 13.2 Å². The van der Waals surface area contributed by atoms with E-state index in [0.29, 0.717) is 24.4 Å². The molecule has 1 aliphatic rings. The van der Waals surface area contributed by atoms with Crippen molar-refractivity contribution in [1.82, 2.24) is 14.9 Å². The standard InChI is InChI=1S/C18H23N3O4S/c1-13-5-6-16(26(23,24)20-11-15-4-3-9-25-15)10-17(13)18(22)21-8-7-19-14(2)12-21/h3-6,9-10,14,19-20H,7-8,11-12H2,1-2H3/t14-/m1/s1. The fourth-order valence-corrected chi connectivity index (χ4v) is 3.97. The number of nitrogens with one attached hydrogen (secondary N) is 2. The summed E-state index contributed by atoms with van der Waals surface area (Å²) in [6, 6.07) is 8.24. The summed E-state index contributed by atoms with van der Waals surface area (Å²) in [7, 11) is -3.74. The highest BCUT2D eigenvalue weighted by atomic mass is 32.2. The second kappa shape index (κ2) is 7.61. The molecule has 0 saturated carbocycles. The van der Waals surface area contributed by atoms with E-state index in [1.807, 2.05) is 13.8 Å². The van der Waals surface area contributed by atoms with E-state index in [1.165, 1.54) is 18.4 Å². The first-order valence-corrected chi connectivity index (χ1v) is 10.0. The van der Waals surface area contributed by atoms with Gasteiger partial charge in [-0.3, -0.25) is 4.79 Å². The SMILES string of the molecule is Cc1ccc(S(=O)(=O)NCc2ccco2)cc1C(=O)N1CCN[C@H](C)C1. The van der Waals surface area contributed by atoms with Crippen LogP contribution in [0.25, 0.3) is 0 Å². The van der Waals surface area contributed by atoms with E-state index in [0.717, 1.165) is 12.1 Å². The summed E-state index contributed by atoms with van der Waals surface area (Å²) < 4.78 is 32.7. The first-order valence-electron chi connectivity index (χ1n) is 8.52. The first-order chi connectivity index (χ1) is 12.4. The van der Waals surface area contributed by atoms with Gasteiger partial charge >= 0.3 is 0 Å². The molecule has 2 aromatic rings. The van der Waals surface area contributed by atoms with E-state index in [-0.39, 0.29) is 23.4 Å². The van der Waals surface area contributed by atoms with E-state index >= 15 is 0 Å². The minimum atomic E-state index is -3.74. The zero-order chi connectivity index (χ0) is 18.7. The van der Waals surface area contributed by atoms with E-state index < -0.39 is 10.0 Å². The monoisotopic (exact) mass is 377 g/mol. The van der Waals surface area contributed by atoms with Gasteiger partial charge in [0.2, 0.25) is 10.0 Å². The van der Waals surface area contributed by atoms with Crippen LogP contribution in [0.4, 0.5) is 0 Å². The molecule has 1 aromatic carbocycles. The summed E-state index contributed by atoms with van der Waals surface area (Å²) in [6.07, 6.45) is 1.49. The Morgan fingerprint density at radius 1 is 1.38 bits per heavy atom. The molecule has 1 amide bonds. The maximum atomic E-state index is 12.9. The lowest BCUT2D eigenvalue weighted by Gasteiger charge is -2.32. The molecule has 8 heteroatoms. The molecule has 0 unspecified atom stereocenters. The smallest absolute Gasteiger partial charge is 0.254 e. The maximum Gasteiger partial charge on any atom is 0.254 e. The van der Waals surface area contributed by atoms with Gasteiger partial charge in [0.25, 0.3) is 5.91 Å². The second-order valence-electron chi connectivity index (χ2n) is 6.49. The molecule has 26 heavy (non-hydrogen) atoms. The quantitative estimate of drug-likeness (QED) is 0.824. The highest BCUT2D eigenvalue weighted by molar-refractivity contribution is 7.89. The van der Waals surface area contributed by atoms with Crippen LogP contribution in [0.15, 0.2) is 45.9 Å². The summed E-state index contributed by atoms with van der Waals surface area (Å²) in [5, 5.41) is 3.29. The van der Waals surface area contributed by atoms with Gasteiger partial charge in [-0.15, -0.1) is 0 Å². The third-order valence-corrected chi connectivity index (χ3v) is 5.82. The van der Waals surface area contributed by atoms with Gasteiger partial charge < -0.3 is 14.6 Å². The summed E-state index contributed by atoms with van der Waals surface area (Å²) in [5.41, 5.74) is 1.17. The van der Waals surface area contributed by atoms with Crippen LogP contribution in [-0.2, 0) is 16.6 Å². The summed E-state index contributed by atoms with van der Waals surface area (Å²) in [5.74, 6) is 0.380. The van der Waals surface area contributed by atoms with Crippen LogP contribution >= 0.6 is 0 Å². The number of amides is 1. The van der Waals surface area contributed by atoms with Crippen molar-refractivity contribution in [3.8, 4) is 0 Å². The topological polar surface area (TPSA) is 91.6 Å². The molecule has 0 aliphatic carbocycles. The van der Waals surface area contributed by atoms with Crippen LogP contribution in [0.5, 0.6) is 0 Å². The van der Waals surface area contributed by atoms with E-state index in [1.54, 1.807) is 23.1 Å². The number of nitrogens with zero attached hydrogens (tertiary/aromatic N) is 1. The average molecular weight is 377 g/mol. The number of furan rings is 1. The zero-order valence-electron chi connectivity index (χ0n) is 14.9. The Balaban J connectivity index is 1.81. The van der Waals surface area contributed by atoms with E-state index in [2.05, 4.69) is 10.0 Å². The van der Waals surface area contributed by atoms with Gasteiger partial charge in [0.15, 0.2) is 0 Å². The minimum absolute atomic E-state index is 0.0573. The van der Waals surface area contributed by atoms with Gasteiger partial charge in [0, 0.05) is 31.2 Å². The van der Waals surface area contributed by atoms with Crippen molar-refractivity contribution in [3.63, 3.8) is 0 Å². The van der Waals surface area contributed by atoms with Gasteiger partial charge in [0.1, 0.15) is 5.76 Å². The predicted octanol–water partition coefficient (Wildman–Crippen LogP) is 1.50. The molecule has 0 spiro atoms. The molecule has 0 radical (unpaired) electrons. The number of carbonyl (C=O) groups excluding carboxylic acids is 1. The van der Waals surface area contributed by atoms with Crippen LogP contribution in [0.2, 0.25) is 0 Å². The highest BCUT2D eigenvalue weighted by Crippen LogP contribution is 2.19. The Morgan fingerprint density at radius 2 is 2.19 bits per heavy atom. The Bertz CT molecular complexity index is 878. The summed E-state index contributed by atoms with van der Waals surface area (Å²) in [6.45, 7) is 5.83. The molecule has 3 rings (SSSR count). The number of piperazine rings is 1. The van der Waals surface area contributed by atoms with Crippen LogP contribution < -0.4 is 10.0 Å². The Hall–Kier alpha value is -2.16. The average Bonchev–Trinajstić information content (AvgIpc) is 3.13. The van der Waals surface area contributed by atoms with Crippen molar-refractivity contribution in [1.29, 1.82) is 0 Å². The Labute approximate surface area is 153 Å². The molecule has 1 fully saturated rings. The second-order valence-corrected chi connectivity index (χ2v) is 8.25. The molecule has 2 N–H and O–H groups in total. The maximum absolute atomic E-state index is 12.9. The number of rotatable bonds is 5. The predicted molar refractivity (Wildman–Crippen MR) is 97.3 cm³/mol. The third kappa shape index (κ3) is 4.14. The third-order valence-electron chi connectivity index (χ3n) is 4.42. The highest BCUT2D eigenvalue weighted by Gasteiger charge is 2.24. The van der Waals surface area contributed by atoms with Gasteiger partial charge in [-0.05, 0) is 43.7 Å². The van der Waals surface area contributed by atoms with Crippen molar-refractivity contribution < 1.29 is 17.6 Å². The van der Waals surface area contributed by atoms with Crippen LogP contribution in [-0.4, -0.2) is 44.9 Å². The molecule has 1 aromatic heterocycles. The van der Waals surface area contributed by atoms with Crippen molar-refractivity contribution in [2.24, 2.45) is 0 Å². The Kier molecular flexibility index (Phi) is 5.45. The van der Waals surface area contributed by atoms with Crippen molar-refractivity contribution in [3.05, 3.63) is 53.5 Å². The molecule has 1 atom stereocenters. The summed E-state index contributed by atoms with van der Waals surface area (Å²) >= 11 is 0. The number of sulfonamides is 1. The number of hydrogen-bond donors (Lipinski definition) is 2. The van der Waals surface area contributed by atoms with Crippen LogP contribution in [0.1, 0.15) is 28.6 Å². The van der Waals surface area contributed by atoms with Gasteiger partial charge in [0.05, 0.1) is 17.7 Å². The molecular weight excluding hydrogens is 354 g/mol. The lowest BCUT2D eigenvalue weighted by atomic mass is 10.1. The molecule has 2 heterocycles. The lowest BCUT2D eigenvalue weighted by Crippen LogP contribution is -2.51. The molecule has 1 aliphatic heterocycles. The normalized spacial score (nSPS) is 18.1. The molecule has 1 saturated heterocycles. The van der Waals surface area contributed by atoms with Crippen LogP contribution in [0.3, 0.4) is 0 Å². The molecule has 7 nitrogen and oxygen atoms in total. The molecule has 0 bridgehead atoms. The number of hydrogen-bond acceptors (Lipinski definition) is 5. The van der Waals surface area contributed by atoms with Gasteiger partial charge in [-0.25, -0.2) is 13.1 Å². The zero-order valence-corrected chi connectivity index (χ0v) is 15.7. The summed E-state index contributed by atoms with van der Waals surface area (Å²) in [4.78, 5) is 14.7. The lowest BCUT2D eigenvalue weighted by molar-refractivity contribution is 0.0708. The first kappa shape index (κ1) is 18.6. The molecular formula is C18H23N3O4S.